The molecule has 53 heavy (non-hydrogen) atoms. The molecule has 6 aromatic rings. The quantitative estimate of drug-likeness (QED) is 0.182. The van der Waals surface area contributed by atoms with E-state index in [-0.39, 0.29) is 35.6 Å². The van der Waals surface area contributed by atoms with Gasteiger partial charge in [0.2, 0.25) is 0 Å². The standard InChI is InChI=1S/2C24H22N.2ClH.Hf/c2*1-24(2,3)20-12-10-17(11-13-20)21-8-6-7-18-15-19(16-22(18)21)23-9-4-5-14-25-23;;;/h2*4-16H,1-3H3;2*1H;/q;;;;+2/p-2. The fourth-order valence-corrected chi connectivity index (χ4v) is 14.9. The van der Waals surface area contributed by atoms with Crippen molar-refractivity contribution in [3.63, 3.8) is 0 Å². The summed E-state index contributed by atoms with van der Waals surface area (Å²) >= 11 is -1.62. The zero-order chi connectivity index (χ0) is 35.3. The number of halogens is 2. The van der Waals surface area contributed by atoms with Gasteiger partial charge < -0.3 is 24.8 Å². The Bertz CT molecular complexity index is 2120. The average Bonchev–Trinajstić information content (AvgIpc) is 3.70. The predicted molar refractivity (Wildman–Crippen MR) is 211 cm³/mol. The van der Waals surface area contributed by atoms with Crippen molar-refractivity contribution in [3.05, 3.63) is 178 Å². The van der Waals surface area contributed by atoms with Gasteiger partial charge in [-0.05, 0) is 0 Å². The summed E-state index contributed by atoms with van der Waals surface area (Å²) in [7, 11) is 0. The molecule has 5 heteroatoms. The van der Waals surface area contributed by atoms with Gasteiger partial charge in [0.15, 0.2) is 0 Å². The number of aromatic nitrogens is 2. The predicted octanol–water partition coefficient (Wildman–Crippen LogP) is 6.39. The van der Waals surface area contributed by atoms with Crippen molar-refractivity contribution >= 4 is 23.3 Å². The monoisotopic (exact) mass is 898 g/mol. The van der Waals surface area contributed by atoms with Crippen LogP contribution in [0, 0.1) is 0 Å². The van der Waals surface area contributed by atoms with Crippen LogP contribution in [0.1, 0.15) is 93.7 Å². The van der Waals surface area contributed by atoms with Crippen LogP contribution in [0.15, 0.2) is 134 Å². The van der Waals surface area contributed by atoms with E-state index in [1.807, 2.05) is 24.5 Å². The van der Waals surface area contributed by atoms with E-state index in [0.29, 0.717) is 7.35 Å². The van der Waals surface area contributed by atoms with Crippen LogP contribution in [0.5, 0.6) is 0 Å². The molecule has 0 bridgehead atoms. The van der Waals surface area contributed by atoms with E-state index in [2.05, 4.69) is 163 Å². The summed E-state index contributed by atoms with van der Waals surface area (Å²) < 4.78 is 0.725. The zero-order valence-corrected chi connectivity index (χ0v) is 36.3. The average molecular weight is 898 g/mol. The maximum Gasteiger partial charge on any atom is -1.00 e. The van der Waals surface area contributed by atoms with E-state index in [1.54, 1.807) is 0 Å². The van der Waals surface area contributed by atoms with Crippen molar-refractivity contribution in [1.29, 1.82) is 0 Å². The molecule has 8 rings (SSSR count). The van der Waals surface area contributed by atoms with Gasteiger partial charge in [0.25, 0.3) is 0 Å². The van der Waals surface area contributed by atoms with E-state index in [9.17, 15) is 0 Å². The van der Waals surface area contributed by atoms with Crippen LogP contribution in [0.3, 0.4) is 0 Å². The molecule has 0 aliphatic heterocycles. The molecule has 2 heterocycles. The number of benzene rings is 4. The Morgan fingerprint density at radius 1 is 0.453 bits per heavy atom. The van der Waals surface area contributed by atoms with Crippen LogP contribution in [0.25, 0.3) is 45.6 Å². The SMILES string of the molecule is CC(C)(C)c1ccc(-c2cccc3c2C=C(c2ccccn2)[CH]3[Hf+2][CH]2C(c3ccccn3)=Cc3c(-c4ccc(C(C)(C)C)cc4)cccc32)cc1.[Cl-].[Cl-]. The summed E-state index contributed by atoms with van der Waals surface area (Å²) in [6.45, 7) is 13.7. The van der Waals surface area contributed by atoms with Crippen molar-refractivity contribution in [2.45, 2.75) is 59.7 Å². The number of hydrogen-bond donors (Lipinski definition) is 0. The van der Waals surface area contributed by atoms with E-state index in [1.165, 1.54) is 66.8 Å². The molecule has 2 unspecified atom stereocenters. The van der Waals surface area contributed by atoms with Crippen LogP contribution in [-0.4, -0.2) is 9.97 Å². The minimum atomic E-state index is -1.62. The topological polar surface area (TPSA) is 25.8 Å². The smallest absolute Gasteiger partial charge is 1.00 e. The number of allylic oxidation sites excluding steroid dienone is 2. The van der Waals surface area contributed by atoms with Gasteiger partial charge in [-0.1, -0.05) is 0 Å². The summed E-state index contributed by atoms with van der Waals surface area (Å²) in [5.41, 5.74) is 18.7. The largest absolute Gasteiger partial charge is 1.00 e. The normalized spacial score (nSPS) is 16.0. The second kappa shape index (κ2) is 15.5. The Hall–Kier alpha value is -3.89. The number of nitrogens with zero attached hydrogens (tertiary/aromatic N) is 2. The third-order valence-corrected chi connectivity index (χ3v) is 17.4. The molecule has 264 valence electrons. The molecule has 0 amide bonds. The Balaban J connectivity index is 0.00000240. The van der Waals surface area contributed by atoms with Crippen LogP contribution in [0.4, 0.5) is 0 Å². The van der Waals surface area contributed by atoms with Crippen molar-refractivity contribution in [1.82, 2.24) is 9.97 Å². The molecule has 0 saturated carbocycles. The molecule has 2 aliphatic carbocycles. The molecular weight excluding hydrogens is 854 g/mol. The summed E-state index contributed by atoms with van der Waals surface area (Å²) in [5.74, 6) is 0. The van der Waals surface area contributed by atoms with E-state index < -0.39 is 22.9 Å². The first-order chi connectivity index (χ1) is 24.6. The Morgan fingerprint density at radius 3 is 1.19 bits per heavy atom. The first-order valence-electron chi connectivity index (χ1n) is 18.1. The molecule has 2 atom stereocenters. The van der Waals surface area contributed by atoms with Gasteiger partial charge >= 0.3 is 317 Å². The van der Waals surface area contributed by atoms with Crippen molar-refractivity contribution in [2.24, 2.45) is 0 Å². The number of pyridine rings is 2. The molecule has 2 aromatic heterocycles. The number of fused-ring (bicyclic) bond motifs is 2. The van der Waals surface area contributed by atoms with Crippen molar-refractivity contribution in [2.75, 3.05) is 0 Å². The van der Waals surface area contributed by atoms with Crippen LogP contribution in [0.2, 0.25) is 0 Å². The first-order valence-corrected chi connectivity index (χ1v) is 22.2. The Morgan fingerprint density at radius 2 is 0.849 bits per heavy atom. The van der Waals surface area contributed by atoms with Gasteiger partial charge in [-0.3, -0.25) is 0 Å². The van der Waals surface area contributed by atoms with Gasteiger partial charge in [0, 0.05) is 0 Å². The maximum absolute atomic E-state index is 4.95. The van der Waals surface area contributed by atoms with Gasteiger partial charge in [-0.2, -0.15) is 0 Å². The zero-order valence-electron chi connectivity index (χ0n) is 31.2. The maximum atomic E-state index is 4.95. The summed E-state index contributed by atoms with van der Waals surface area (Å²) in [4.78, 5) is 9.89. The molecule has 4 aromatic carbocycles. The van der Waals surface area contributed by atoms with Crippen LogP contribution >= 0.6 is 0 Å². The van der Waals surface area contributed by atoms with Crippen LogP contribution < -0.4 is 24.8 Å². The summed E-state index contributed by atoms with van der Waals surface area (Å²) in [6.07, 6.45) is 8.82. The molecule has 0 spiro atoms. The minimum absolute atomic E-state index is 0. The fourth-order valence-electron chi connectivity index (χ4n) is 7.64. The molecule has 2 nitrogen and oxygen atoms in total. The third kappa shape index (κ3) is 7.59. The van der Waals surface area contributed by atoms with Crippen molar-refractivity contribution in [3.8, 4) is 22.3 Å². The first kappa shape index (κ1) is 38.8. The second-order valence-electron chi connectivity index (χ2n) is 15.9. The summed E-state index contributed by atoms with van der Waals surface area (Å²) in [6, 6.07) is 45.1. The minimum Gasteiger partial charge on any atom is -1.00 e. The molecule has 2 aliphatic rings. The molecule has 0 N–H and O–H groups in total. The van der Waals surface area contributed by atoms with E-state index >= 15 is 0 Å². The van der Waals surface area contributed by atoms with Gasteiger partial charge in [-0.15, -0.1) is 0 Å². The van der Waals surface area contributed by atoms with Gasteiger partial charge in [-0.25, -0.2) is 0 Å². The fraction of sp³-hybridized carbons (Fsp3) is 0.208. The molecule has 0 fully saturated rings. The van der Waals surface area contributed by atoms with Crippen molar-refractivity contribution < 1.29 is 47.7 Å². The number of rotatable bonds is 6. The third-order valence-electron chi connectivity index (χ3n) is 10.5. The number of hydrogen-bond acceptors (Lipinski definition) is 2. The summed E-state index contributed by atoms with van der Waals surface area (Å²) in [5, 5.41) is 0. The van der Waals surface area contributed by atoms with Gasteiger partial charge in [0.05, 0.1) is 0 Å². The molecule has 0 saturated heterocycles. The Kier molecular flexibility index (Phi) is 11.3. The van der Waals surface area contributed by atoms with E-state index in [4.69, 9.17) is 9.97 Å². The van der Waals surface area contributed by atoms with Gasteiger partial charge in [0.1, 0.15) is 0 Å². The second-order valence-corrected chi connectivity index (χ2v) is 21.3. The Labute approximate surface area is 339 Å². The van der Waals surface area contributed by atoms with E-state index in [0.717, 1.165) is 11.4 Å². The van der Waals surface area contributed by atoms with Crippen LogP contribution in [-0.2, 0) is 33.7 Å². The molecular formula is C48H44Cl2HfN2. The molecule has 0 radical (unpaired) electrons.